The molecule has 0 aliphatic carbocycles. The molecule has 7 heteroatoms. The quantitative estimate of drug-likeness (QED) is 0.917. The van der Waals surface area contributed by atoms with E-state index in [2.05, 4.69) is 5.32 Å². The van der Waals surface area contributed by atoms with Gasteiger partial charge in [-0.15, -0.1) is 11.3 Å². The smallest absolute Gasteiger partial charge is 0.317 e. The fourth-order valence-electron chi connectivity index (χ4n) is 2.42. The molecule has 22 heavy (non-hydrogen) atoms. The molecule has 0 spiro atoms. The summed E-state index contributed by atoms with van der Waals surface area (Å²) in [6, 6.07) is 3.78. The Hall–Kier alpha value is -1.27. The molecule has 0 aromatic carbocycles. The monoisotopic (exact) mass is 343 g/mol. The van der Waals surface area contributed by atoms with Crippen LogP contribution in [0.2, 0.25) is 4.34 Å². The van der Waals surface area contributed by atoms with Gasteiger partial charge in [0.25, 0.3) is 0 Å². The lowest BCUT2D eigenvalue weighted by molar-refractivity contribution is -0.130. The van der Waals surface area contributed by atoms with Crippen LogP contribution in [0.1, 0.15) is 25.1 Å². The molecule has 3 amide bonds. The lowest BCUT2D eigenvalue weighted by atomic mass is 10.3. The third kappa shape index (κ3) is 4.88. The largest absolute Gasteiger partial charge is 0.341 e. The molecule has 2 heterocycles. The topological polar surface area (TPSA) is 52.7 Å². The Morgan fingerprint density at radius 1 is 1.23 bits per heavy atom. The number of nitrogens with zero attached hydrogens (tertiary/aromatic N) is 2. The molecular weight excluding hydrogens is 322 g/mol. The minimum atomic E-state index is -0.0469. The van der Waals surface area contributed by atoms with E-state index in [1.54, 1.807) is 4.90 Å². The third-order valence-electron chi connectivity index (χ3n) is 3.50. The fraction of sp³-hybridized carbons (Fsp3) is 0.600. The molecule has 0 saturated carbocycles. The average molecular weight is 344 g/mol. The first-order valence-electron chi connectivity index (χ1n) is 7.53. The van der Waals surface area contributed by atoms with E-state index < -0.39 is 0 Å². The van der Waals surface area contributed by atoms with Crippen molar-refractivity contribution in [2.45, 2.75) is 32.7 Å². The van der Waals surface area contributed by atoms with E-state index in [9.17, 15) is 9.59 Å². The molecule has 1 aromatic rings. The lowest BCUT2D eigenvalue weighted by Crippen LogP contribution is -2.45. The van der Waals surface area contributed by atoms with Crippen molar-refractivity contribution >= 4 is 34.9 Å². The number of halogens is 1. The Kier molecular flexibility index (Phi) is 6.08. The Morgan fingerprint density at radius 2 is 1.91 bits per heavy atom. The van der Waals surface area contributed by atoms with Crippen LogP contribution in [0.3, 0.4) is 0 Å². The lowest BCUT2D eigenvalue weighted by Gasteiger charge is -2.23. The van der Waals surface area contributed by atoms with Gasteiger partial charge in [0.1, 0.15) is 0 Å². The summed E-state index contributed by atoms with van der Waals surface area (Å²) in [5.74, 6) is 0.102. The van der Waals surface area contributed by atoms with Crippen molar-refractivity contribution in [1.82, 2.24) is 15.1 Å². The van der Waals surface area contributed by atoms with Crippen molar-refractivity contribution in [3.05, 3.63) is 21.3 Å². The van der Waals surface area contributed by atoms with Crippen LogP contribution < -0.4 is 5.32 Å². The summed E-state index contributed by atoms with van der Waals surface area (Å²) in [5.41, 5.74) is 0. The van der Waals surface area contributed by atoms with Crippen LogP contribution in [0.25, 0.3) is 0 Å². The van der Waals surface area contributed by atoms with E-state index in [0.29, 0.717) is 36.9 Å². The van der Waals surface area contributed by atoms with Crippen molar-refractivity contribution in [3.8, 4) is 0 Å². The SMILES string of the molecule is CC(C)NC(=O)N1CCCN(C(=O)Cc2ccc(Cl)s2)CC1. The van der Waals surface area contributed by atoms with E-state index >= 15 is 0 Å². The van der Waals surface area contributed by atoms with Crippen molar-refractivity contribution < 1.29 is 9.59 Å². The van der Waals surface area contributed by atoms with Crippen LogP contribution in [0.15, 0.2) is 12.1 Å². The number of carbonyl (C=O) groups excluding carboxylic acids is 2. The summed E-state index contributed by atoms with van der Waals surface area (Å²) in [6.45, 7) is 6.44. The highest BCUT2D eigenvalue weighted by atomic mass is 35.5. The van der Waals surface area contributed by atoms with E-state index in [4.69, 9.17) is 11.6 Å². The van der Waals surface area contributed by atoms with Crippen LogP contribution in [0.5, 0.6) is 0 Å². The molecule has 1 saturated heterocycles. The van der Waals surface area contributed by atoms with Crippen LogP contribution in [0.4, 0.5) is 4.79 Å². The highest BCUT2D eigenvalue weighted by molar-refractivity contribution is 7.16. The second-order valence-electron chi connectivity index (χ2n) is 5.71. The Morgan fingerprint density at radius 3 is 2.55 bits per heavy atom. The molecule has 2 rings (SSSR count). The third-order valence-corrected chi connectivity index (χ3v) is 4.73. The highest BCUT2D eigenvalue weighted by Crippen LogP contribution is 2.22. The standard InChI is InChI=1S/C15H22ClN3O2S/c1-11(2)17-15(21)19-7-3-6-18(8-9-19)14(20)10-12-4-5-13(16)22-12/h4-5,11H,3,6-10H2,1-2H3,(H,17,21). The predicted octanol–water partition coefficient (Wildman–Crippen LogP) is 2.60. The molecule has 1 aromatic heterocycles. The number of hydrogen-bond donors (Lipinski definition) is 1. The summed E-state index contributed by atoms with van der Waals surface area (Å²) in [7, 11) is 0. The number of amides is 3. The summed E-state index contributed by atoms with van der Waals surface area (Å²) in [6.07, 6.45) is 1.19. The van der Waals surface area contributed by atoms with Gasteiger partial charge in [-0.1, -0.05) is 11.6 Å². The zero-order chi connectivity index (χ0) is 16.1. The highest BCUT2D eigenvalue weighted by Gasteiger charge is 2.22. The van der Waals surface area contributed by atoms with Crippen molar-refractivity contribution in [1.29, 1.82) is 0 Å². The first-order chi connectivity index (χ1) is 10.5. The first-order valence-corrected chi connectivity index (χ1v) is 8.72. The molecule has 0 unspecified atom stereocenters. The van der Waals surface area contributed by atoms with E-state index in [1.807, 2.05) is 30.9 Å². The van der Waals surface area contributed by atoms with E-state index in [0.717, 1.165) is 11.3 Å². The van der Waals surface area contributed by atoms with Gasteiger partial charge in [-0.05, 0) is 32.4 Å². The van der Waals surface area contributed by atoms with E-state index in [1.165, 1.54) is 11.3 Å². The molecule has 0 radical (unpaired) electrons. The van der Waals surface area contributed by atoms with Gasteiger partial charge < -0.3 is 15.1 Å². The second-order valence-corrected chi connectivity index (χ2v) is 7.51. The molecule has 122 valence electrons. The van der Waals surface area contributed by atoms with Crippen LogP contribution in [0, 0.1) is 0 Å². The molecular formula is C15H22ClN3O2S. The van der Waals surface area contributed by atoms with Gasteiger partial charge in [0, 0.05) is 37.1 Å². The number of nitrogens with one attached hydrogen (secondary N) is 1. The summed E-state index contributed by atoms with van der Waals surface area (Å²) in [5, 5.41) is 2.90. The molecule has 0 atom stereocenters. The maximum Gasteiger partial charge on any atom is 0.317 e. The van der Waals surface area contributed by atoms with Gasteiger partial charge >= 0.3 is 6.03 Å². The maximum absolute atomic E-state index is 12.4. The number of urea groups is 1. The van der Waals surface area contributed by atoms with Gasteiger partial charge in [-0.3, -0.25) is 4.79 Å². The first kappa shape index (κ1) is 17.1. The normalized spacial score (nSPS) is 15.8. The van der Waals surface area contributed by atoms with Gasteiger partial charge in [0.05, 0.1) is 10.8 Å². The van der Waals surface area contributed by atoms with E-state index in [-0.39, 0.29) is 18.0 Å². The van der Waals surface area contributed by atoms with Gasteiger partial charge in [-0.25, -0.2) is 4.79 Å². The zero-order valence-corrected chi connectivity index (χ0v) is 14.5. The van der Waals surface area contributed by atoms with Crippen molar-refractivity contribution in [2.75, 3.05) is 26.2 Å². The molecule has 0 bridgehead atoms. The Bertz CT molecular complexity index is 533. The Balaban J connectivity index is 1.86. The Labute approximate surface area is 140 Å². The zero-order valence-electron chi connectivity index (χ0n) is 13.0. The minimum absolute atomic E-state index is 0.0469. The number of hydrogen-bond acceptors (Lipinski definition) is 3. The van der Waals surface area contributed by atoms with Crippen LogP contribution in [-0.4, -0.2) is 54.0 Å². The number of thiophene rings is 1. The molecule has 1 aliphatic heterocycles. The van der Waals surface area contributed by atoms with Gasteiger partial charge in [0.15, 0.2) is 0 Å². The minimum Gasteiger partial charge on any atom is -0.341 e. The van der Waals surface area contributed by atoms with Crippen molar-refractivity contribution in [2.24, 2.45) is 0 Å². The summed E-state index contributed by atoms with van der Waals surface area (Å²) < 4.78 is 0.704. The number of carbonyl (C=O) groups is 2. The molecule has 5 nitrogen and oxygen atoms in total. The van der Waals surface area contributed by atoms with Crippen LogP contribution >= 0.6 is 22.9 Å². The maximum atomic E-state index is 12.4. The molecule has 1 aliphatic rings. The van der Waals surface area contributed by atoms with Gasteiger partial charge in [-0.2, -0.15) is 0 Å². The predicted molar refractivity (Wildman–Crippen MR) is 89.5 cm³/mol. The fourth-order valence-corrected chi connectivity index (χ4v) is 3.49. The molecule has 1 fully saturated rings. The molecule has 1 N–H and O–H groups in total. The average Bonchev–Trinajstić information content (AvgIpc) is 2.72. The summed E-state index contributed by atoms with van der Waals surface area (Å²) >= 11 is 7.33. The van der Waals surface area contributed by atoms with Gasteiger partial charge in [0.2, 0.25) is 5.91 Å². The van der Waals surface area contributed by atoms with Crippen molar-refractivity contribution in [3.63, 3.8) is 0 Å². The number of rotatable bonds is 3. The summed E-state index contributed by atoms with van der Waals surface area (Å²) in [4.78, 5) is 29.0. The second kappa shape index (κ2) is 7.83. The van der Waals surface area contributed by atoms with Crippen LogP contribution in [-0.2, 0) is 11.2 Å².